The van der Waals surface area contributed by atoms with Crippen LogP contribution in [0.5, 0.6) is 11.5 Å². The van der Waals surface area contributed by atoms with E-state index in [9.17, 15) is 4.79 Å². The van der Waals surface area contributed by atoms with E-state index in [0.29, 0.717) is 48.9 Å². The highest BCUT2D eigenvalue weighted by molar-refractivity contribution is 5.71. The SMILES string of the molecule is N#Cc1ccnc(CNc2ccc3c(c2)Cc2ccnc(-c4cc(N5CCOCC5)cc(=O)[nH]4)c2O3)c1. The number of hydrogen-bond acceptors (Lipinski definition) is 8. The van der Waals surface area contributed by atoms with E-state index < -0.39 is 0 Å². The lowest BCUT2D eigenvalue weighted by atomic mass is 9.99. The fourth-order valence-electron chi connectivity index (χ4n) is 4.67. The van der Waals surface area contributed by atoms with E-state index in [0.717, 1.165) is 47.0 Å². The van der Waals surface area contributed by atoms with Crippen LogP contribution in [0.3, 0.4) is 0 Å². The lowest BCUT2D eigenvalue weighted by Gasteiger charge is -2.29. The molecule has 1 saturated heterocycles. The van der Waals surface area contributed by atoms with Gasteiger partial charge in [-0.15, -0.1) is 0 Å². The lowest BCUT2D eigenvalue weighted by molar-refractivity contribution is 0.122. The van der Waals surface area contributed by atoms with Crippen molar-refractivity contribution in [2.24, 2.45) is 0 Å². The Kier molecular flexibility index (Phi) is 6.00. The number of ether oxygens (including phenoxy) is 2. The molecule has 37 heavy (non-hydrogen) atoms. The zero-order valence-electron chi connectivity index (χ0n) is 20.0. The van der Waals surface area contributed by atoms with Crippen LogP contribution >= 0.6 is 0 Å². The Balaban J connectivity index is 1.25. The molecule has 3 aromatic heterocycles. The van der Waals surface area contributed by atoms with Crippen LogP contribution in [0.4, 0.5) is 11.4 Å². The van der Waals surface area contributed by atoms with Crippen molar-refractivity contribution in [1.29, 1.82) is 5.26 Å². The van der Waals surface area contributed by atoms with Gasteiger partial charge in [0.25, 0.3) is 5.56 Å². The highest BCUT2D eigenvalue weighted by Gasteiger charge is 2.23. The Morgan fingerprint density at radius 3 is 2.76 bits per heavy atom. The average Bonchev–Trinajstić information content (AvgIpc) is 2.95. The van der Waals surface area contributed by atoms with Crippen molar-refractivity contribution in [3.8, 4) is 29.0 Å². The number of aromatic amines is 1. The van der Waals surface area contributed by atoms with Crippen molar-refractivity contribution in [1.82, 2.24) is 15.0 Å². The van der Waals surface area contributed by atoms with Gasteiger partial charge in [0.1, 0.15) is 11.4 Å². The number of nitrogens with one attached hydrogen (secondary N) is 2. The summed E-state index contributed by atoms with van der Waals surface area (Å²) < 4.78 is 11.8. The minimum absolute atomic E-state index is 0.180. The van der Waals surface area contributed by atoms with Crippen molar-refractivity contribution in [2.45, 2.75) is 13.0 Å². The molecular weight excluding hydrogens is 468 g/mol. The van der Waals surface area contributed by atoms with Gasteiger partial charge in [-0.3, -0.25) is 14.8 Å². The minimum Gasteiger partial charge on any atom is -0.454 e. The Morgan fingerprint density at radius 2 is 1.89 bits per heavy atom. The largest absolute Gasteiger partial charge is 0.454 e. The molecule has 1 fully saturated rings. The molecule has 0 bridgehead atoms. The fraction of sp³-hybridized carbons (Fsp3) is 0.214. The first-order chi connectivity index (χ1) is 18.2. The van der Waals surface area contributed by atoms with Crippen LogP contribution in [0.15, 0.2) is 65.7 Å². The van der Waals surface area contributed by atoms with Crippen LogP contribution in [-0.4, -0.2) is 41.3 Å². The molecule has 0 amide bonds. The number of rotatable bonds is 5. The van der Waals surface area contributed by atoms with Crippen molar-refractivity contribution >= 4 is 11.4 Å². The van der Waals surface area contributed by atoms with Gasteiger partial charge >= 0.3 is 0 Å². The van der Waals surface area contributed by atoms with Crippen molar-refractivity contribution in [3.05, 3.63) is 93.7 Å². The Labute approximate surface area is 213 Å². The molecule has 0 spiro atoms. The molecule has 9 nitrogen and oxygen atoms in total. The summed E-state index contributed by atoms with van der Waals surface area (Å²) in [6.07, 6.45) is 4.06. The maximum Gasteiger partial charge on any atom is 0.250 e. The number of anilines is 2. The lowest BCUT2D eigenvalue weighted by Crippen LogP contribution is -2.36. The maximum absolute atomic E-state index is 12.5. The van der Waals surface area contributed by atoms with E-state index in [-0.39, 0.29) is 5.56 Å². The summed E-state index contributed by atoms with van der Waals surface area (Å²) in [6.45, 7) is 3.26. The molecule has 0 radical (unpaired) electrons. The zero-order valence-corrected chi connectivity index (χ0v) is 20.0. The number of H-pyrrole nitrogens is 1. The third kappa shape index (κ3) is 4.75. The van der Waals surface area contributed by atoms with E-state index in [1.54, 1.807) is 30.6 Å². The molecule has 184 valence electrons. The Hall–Kier alpha value is -4.68. The molecule has 0 aliphatic carbocycles. The van der Waals surface area contributed by atoms with E-state index in [1.807, 2.05) is 24.3 Å². The van der Waals surface area contributed by atoms with Gasteiger partial charge in [0.05, 0.1) is 42.8 Å². The number of fused-ring (bicyclic) bond motifs is 2. The summed E-state index contributed by atoms with van der Waals surface area (Å²) in [5.74, 6) is 1.41. The molecule has 0 atom stereocenters. The van der Waals surface area contributed by atoms with E-state index in [1.165, 1.54) is 0 Å². The number of nitrogens with zero attached hydrogens (tertiary/aromatic N) is 4. The Morgan fingerprint density at radius 1 is 1.03 bits per heavy atom. The second-order valence-electron chi connectivity index (χ2n) is 8.97. The topological polar surface area (TPSA) is 116 Å². The summed E-state index contributed by atoms with van der Waals surface area (Å²) in [7, 11) is 0. The highest BCUT2D eigenvalue weighted by Crippen LogP contribution is 2.42. The normalized spacial score (nSPS) is 14.2. The highest BCUT2D eigenvalue weighted by atomic mass is 16.5. The quantitative estimate of drug-likeness (QED) is 0.380. The molecule has 0 saturated carbocycles. The predicted molar refractivity (Wildman–Crippen MR) is 139 cm³/mol. The van der Waals surface area contributed by atoms with Crippen molar-refractivity contribution in [3.63, 3.8) is 0 Å². The van der Waals surface area contributed by atoms with Gasteiger partial charge in [0.15, 0.2) is 5.75 Å². The van der Waals surface area contributed by atoms with Crippen LogP contribution in [0.2, 0.25) is 0 Å². The van der Waals surface area contributed by atoms with Gasteiger partial charge in [-0.1, -0.05) is 0 Å². The summed E-state index contributed by atoms with van der Waals surface area (Å²) in [6, 6.07) is 17.1. The van der Waals surface area contributed by atoms with Gasteiger partial charge < -0.3 is 24.7 Å². The predicted octanol–water partition coefficient (Wildman–Crippen LogP) is 3.85. The molecular formula is C28H24N6O3. The zero-order chi connectivity index (χ0) is 25.2. The van der Waals surface area contributed by atoms with Crippen molar-refractivity contribution < 1.29 is 9.47 Å². The third-order valence-electron chi connectivity index (χ3n) is 6.52. The average molecular weight is 493 g/mol. The summed E-state index contributed by atoms with van der Waals surface area (Å²) in [5, 5.41) is 12.5. The number of aromatic nitrogens is 3. The number of morpholine rings is 1. The molecule has 6 rings (SSSR count). The van der Waals surface area contributed by atoms with Crippen LogP contribution in [0, 0.1) is 11.3 Å². The van der Waals surface area contributed by atoms with Crippen LogP contribution in [0.1, 0.15) is 22.4 Å². The minimum atomic E-state index is -0.180. The molecule has 9 heteroatoms. The second-order valence-corrected chi connectivity index (χ2v) is 8.97. The molecule has 5 heterocycles. The van der Waals surface area contributed by atoms with E-state index in [4.69, 9.17) is 14.7 Å². The van der Waals surface area contributed by atoms with Crippen LogP contribution < -0.4 is 20.5 Å². The standard InChI is InChI=1S/C28H24N6O3/c29-16-18-3-5-30-22(11-18)17-32-21-1-2-25-20(13-21)12-19-4-6-31-27(28(19)37-25)24-14-23(15-26(35)33-24)34-7-9-36-10-8-34/h1-6,11,13-15,32H,7-10,12,17H2,(H,33,35). The molecule has 4 aromatic rings. The van der Waals surface area contributed by atoms with Gasteiger partial charge in [0, 0.05) is 60.5 Å². The van der Waals surface area contributed by atoms with Gasteiger partial charge in [-0.25, -0.2) is 0 Å². The maximum atomic E-state index is 12.5. The first kappa shape index (κ1) is 22.8. The first-order valence-corrected chi connectivity index (χ1v) is 12.1. The van der Waals surface area contributed by atoms with Crippen LogP contribution in [0.25, 0.3) is 11.4 Å². The molecule has 2 aliphatic heterocycles. The summed E-state index contributed by atoms with van der Waals surface area (Å²) >= 11 is 0. The Bertz CT molecular complexity index is 1570. The van der Waals surface area contributed by atoms with Crippen LogP contribution in [-0.2, 0) is 17.7 Å². The number of hydrogen-bond donors (Lipinski definition) is 2. The molecule has 1 aromatic carbocycles. The van der Waals surface area contributed by atoms with Gasteiger partial charge in [-0.05, 0) is 42.5 Å². The van der Waals surface area contributed by atoms with E-state index in [2.05, 4.69) is 37.3 Å². The fourth-order valence-corrected chi connectivity index (χ4v) is 4.67. The third-order valence-corrected chi connectivity index (χ3v) is 6.52. The molecule has 2 aliphatic rings. The van der Waals surface area contributed by atoms with Gasteiger partial charge in [0.2, 0.25) is 0 Å². The summed E-state index contributed by atoms with van der Waals surface area (Å²) in [4.78, 5) is 26.5. The van der Waals surface area contributed by atoms with Gasteiger partial charge in [-0.2, -0.15) is 5.26 Å². The molecule has 0 unspecified atom stereocenters. The molecule has 2 N–H and O–H groups in total. The first-order valence-electron chi connectivity index (χ1n) is 12.1. The number of benzene rings is 1. The number of nitriles is 1. The summed E-state index contributed by atoms with van der Waals surface area (Å²) in [5.41, 5.74) is 6.27. The monoisotopic (exact) mass is 492 g/mol. The van der Waals surface area contributed by atoms with Crippen molar-refractivity contribution in [2.75, 3.05) is 36.5 Å². The van der Waals surface area contributed by atoms with E-state index >= 15 is 0 Å². The number of pyridine rings is 3. The smallest absolute Gasteiger partial charge is 0.250 e. The second kappa shape index (κ2) is 9.76.